The molecule has 1 fully saturated rings. The first kappa shape index (κ1) is 23.7. The molecule has 0 atom stereocenters. The second-order valence-electron chi connectivity index (χ2n) is 7.71. The summed E-state index contributed by atoms with van der Waals surface area (Å²) in [7, 11) is -1.03. The van der Waals surface area contributed by atoms with E-state index in [1.807, 2.05) is 55.4 Å². The third kappa shape index (κ3) is 6.98. The fourth-order valence-electron chi connectivity index (χ4n) is 3.30. The number of hydrogen-bond acceptors (Lipinski definition) is 4. The molecule has 9 heteroatoms. The van der Waals surface area contributed by atoms with E-state index in [1.165, 1.54) is 6.26 Å². The molecule has 29 heavy (non-hydrogen) atoms. The van der Waals surface area contributed by atoms with Gasteiger partial charge in [0.05, 0.1) is 24.2 Å². The van der Waals surface area contributed by atoms with Gasteiger partial charge in [-0.05, 0) is 25.3 Å². The van der Waals surface area contributed by atoms with Crippen LogP contribution >= 0.6 is 24.0 Å². The Labute approximate surface area is 190 Å². The summed E-state index contributed by atoms with van der Waals surface area (Å²) in [4.78, 5) is 14.6. The van der Waals surface area contributed by atoms with Crippen LogP contribution in [0.3, 0.4) is 0 Å². The number of aliphatic imine (C=N–C) groups is 1. The predicted molar refractivity (Wildman–Crippen MR) is 128 cm³/mol. The van der Waals surface area contributed by atoms with Gasteiger partial charge in [0.1, 0.15) is 15.7 Å². The van der Waals surface area contributed by atoms with Crippen LogP contribution in [0.5, 0.6) is 0 Å². The van der Waals surface area contributed by atoms with Crippen molar-refractivity contribution in [3.05, 3.63) is 42.4 Å². The molecule has 1 heterocycles. The normalized spacial score (nSPS) is 15.5. The van der Waals surface area contributed by atoms with Crippen molar-refractivity contribution < 1.29 is 8.42 Å². The number of rotatable bonds is 8. The topological polar surface area (TPSA) is 90.4 Å². The Morgan fingerprint density at radius 1 is 1.31 bits per heavy atom. The summed E-state index contributed by atoms with van der Waals surface area (Å²) in [6, 6.07) is 10.1. The summed E-state index contributed by atoms with van der Waals surface area (Å²) in [6.45, 7) is 3.88. The van der Waals surface area contributed by atoms with Gasteiger partial charge in [-0.3, -0.25) is 4.99 Å². The van der Waals surface area contributed by atoms with Crippen LogP contribution in [-0.2, 0) is 16.4 Å². The molecule has 3 rings (SSSR count). The summed E-state index contributed by atoms with van der Waals surface area (Å²) in [5.41, 5.74) is 1.90. The van der Waals surface area contributed by atoms with E-state index < -0.39 is 9.84 Å². The number of H-pyrrole nitrogens is 1. The molecule has 0 saturated heterocycles. The Balaban J connectivity index is 0.00000300. The van der Waals surface area contributed by atoms with Crippen LogP contribution in [0, 0.1) is 5.41 Å². The highest BCUT2D eigenvalue weighted by Crippen LogP contribution is 2.46. The molecule has 7 nitrogen and oxygen atoms in total. The summed E-state index contributed by atoms with van der Waals surface area (Å²) in [5.74, 6) is 1.83. The van der Waals surface area contributed by atoms with Crippen molar-refractivity contribution in [3.63, 3.8) is 0 Å². The third-order valence-corrected chi connectivity index (χ3v) is 6.02. The summed E-state index contributed by atoms with van der Waals surface area (Å²) >= 11 is 0. The average molecular weight is 531 g/mol. The Kier molecular flexibility index (Phi) is 8.10. The highest BCUT2D eigenvalue weighted by atomic mass is 127. The zero-order chi connectivity index (χ0) is 20.2. The highest BCUT2D eigenvalue weighted by molar-refractivity contribution is 14.0. The molecule has 1 aromatic heterocycles. The second kappa shape index (κ2) is 9.92. The summed E-state index contributed by atoms with van der Waals surface area (Å²) in [5, 5.41) is 3.29. The lowest BCUT2D eigenvalue weighted by Gasteiger charge is -2.22. The molecule has 0 spiro atoms. The maximum Gasteiger partial charge on any atom is 0.194 e. The van der Waals surface area contributed by atoms with Crippen LogP contribution in [0.4, 0.5) is 0 Å². The lowest BCUT2D eigenvalue weighted by Crippen LogP contribution is -2.39. The first-order chi connectivity index (χ1) is 13.3. The van der Waals surface area contributed by atoms with E-state index in [4.69, 9.17) is 4.99 Å². The molecule has 0 aliphatic heterocycles. The van der Waals surface area contributed by atoms with Crippen molar-refractivity contribution in [1.29, 1.82) is 0 Å². The Morgan fingerprint density at radius 3 is 2.59 bits per heavy atom. The zero-order valence-corrected chi connectivity index (χ0v) is 20.3. The van der Waals surface area contributed by atoms with Gasteiger partial charge in [-0.15, -0.1) is 24.0 Å². The molecule has 1 saturated carbocycles. The third-order valence-electron chi connectivity index (χ3n) is 4.89. The van der Waals surface area contributed by atoms with E-state index in [0.29, 0.717) is 13.1 Å². The lowest BCUT2D eigenvalue weighted by molar-refractivity contribution is 0.458. The maximum atomic E-state index is 11.7. The molecule has 0 radical (unpaired) electrons. The number of imidazole rings is 1. The molecule has 2 aromatic rings. The standard InChI is InChI=1S/C20H29N5O2S.HI/c1-4-21-19(23-14-20(10-11-20)15-28(3,26)27)25(2)13-18-22-12-17(24-18)16-8-6-5-7-9-16;/h5-9,12H,4,10-11,13-15H2,1-3H3,(H,21,23)(H,22,24);1H. The first-order valence-electron chi connectivity index (χ1n) is 9.57. The van der Waals surface area contributed by atoms with E-state index in [9.17, 15) is 8.42 Å². The summed E-state index contributed by atoms with van der Waals surface area (Å²) < 4.78 is 23.3. The van der Waals surface area contributed by atoms with Crippen LogP contribution in [0.15, 0.2) is 41.5 Å². The van der Waals surface area contributed by atoms with Crippen LogP contribution in [0.1, 0.15) is 25.6 Å². The van der Waals surface area contributed by atoms with Gasteiger partial charge in [0, 0.05) is 31.8 Å². The van der Waals surface area contributed by atoms with E-state index in [-0.39, 0.29) is 35.1 Å². The minimum absolute atomic E-state index is 0. The van der Waals surface area contributed by atoms with Crippen molar-refractivity contribution in [3.8, 4) is 11.3 Å². The van der Waals surface area contributed by atoms with Crippen LogP contribution < -0.4 is 5.32 Å². The molecule has 1 aliphatic carbocycles. The smallest absolute Gasteiger partial charge is 0.194 e. The van der Waals surface area contributed by atoms with Crippen molar-refractivity contribution in [2.45, 2.75) is 26.3 Å². The molecule has 0 bridgehead atoms. The van der Waals surface area contributed by atoms with Gasteiger partial charge in [-0.2, -0.15) is 0 Å². The number of aromatic amines is 1. The molecule has 0 amide bonds. The fraction of sp³-hybridized carbons (Fsp3) is 0.500. The van der Waals surface area contributed by atoms with Gasteiger partial charge < -0.3 is 15.2 Å². The largest absolute Gasteiger partial charge is 0.357 e. The first-order valence-corrected chi connectivity index (χ1v) is 11.6. The Morgan fingerprint density at radius 2 is 2.00 bits per heavy atom. The summed E-state index contributed by atoms with van der Waals surface area (Å²) in [6.07, 6.45) is 4.99. The quantitative estimate of drug-likeness (QED) is 0.311. The van der Waals surface area contributed by atoms with Gasteiger partial charge in [0.25, 0.3) is 0 Å². The SMILES string of the molecule is CCNC(=NCC1(CS(C)(=O)=O)CC1)N(C)Cc1ncc(-c2ccccc2)[nH]1.I. The Hall–Kier alpha value is -1.62. The number of guanidine groups is 1. The molecule has 0 unspecified atom stereocenters. The van der Waals surface area contributed by atoms with Crippen molar-refractivity contribution in [2.24, 2.45) is 10.4 Å². The van der Waals surface area contributed by atoms with E-state index in [0.717, 1.165) is 42.4 Å². The van der Waals surface area contributed by atoms with Crippen molar-refractivity contribution in [1.82, 2.24) is 20.2 Å². The van der Waals surface area contributed by atoms with Crippen molar-refractivity contribution >= 4 is 39.8 Å². The fourth-order valence-corrected chi connectivity index (χ4v) is 4.79. The number of aromatic nitrogens is 2. The van der Waals surface area contributed by atoms with E-state index in [1.54, 1.807) is 0 Å². The lowest BCUT2D eigenvalue weighted by atomic mass is 10.1. The number of nitrogens with one attached hydrogen (secondary N) is 2. The molecule has 1 aromatic carbocycles. The van der Waals surface area contributed by atoms with Gasteiger partial charge >= 0.3 is 0 Å². The second-order valence-corrected chi connectivity index (χ2v) is 9.85. The van der Waals surface area contributed by atoms with Crippen LogP contribution in [0.25, 0.3) is 11.3 Å². The maximum absolute atomic E-state index is 11.7. The Bertz CT molecular complexity index is 923. The molecule has 1 aliphatic rings. The van der Waals surface area contributed by atoms with Gasteiger partial charge in [-0.25, -0.2) is 13.4 Å². The molecular formula is C20H30IN5O2S. The number of sulfone groups is 1. The van der Waals surface area contributed by atoms with E-state index >= 15 is 0 Å². The monoisotopic (exact) mass is 531 g/mol. The van der Waals surface area contributed by atoms with Gasteiger partial charge in [-0.1, -0.05) is 30.3 Å². The van der Waals surface area contributed by atoms with Crippen molar-refractivity contribution in [2.75, 3.05) is 32.1 Å². The number of hydrogen-bond donors (Lipinski definition) is 2. The predicted octanol–water partition coefficient (Wildman–Crippen LogP) is 2.92. The van der Waals surface area contributed by atoms with Gasteiger partial charge in [0.15, 0.2) is 5.96 Å². The van der Waals surface area contributed by atoms with Gasteiger partial charge in [0.2, 0.25) is 0 Å². The minimum Gasteiger partial charge on any atom is -0.357 e. The highest BCUT2D eigenvalue weighted by Gasteiger charge is 2.45. The van der Waals surface area contributed by atoms with E-state index in [2.05, 4.69) is 15.3 Å². The van der Waals surface area contributed by atoms with Crippen LogP contribution in [-0.4, -0.2) is 61.4 Å². The zero-order valence-electron chi connectivity index (χ0n) is 17.2. The number of benzene rings is 1. The average Bonchev–Trinajstić information content (AvgIpc) is 3.22. The molecule has 2 N–H and O–H groups in total. The number of nitrogens with zero attached hydrogens (tertiary/aromatic N) is 3. The molecule has 160 valence electrons. The minimum atomic E-state index is -2.99. The number of halogens is 1. The molecular weight excluding hydrogens is 501 g/mol. The van der Waals surface area contributed by atoms with Crippen LogP contribution in [0.2, 0.25) is 0 Å².